The van der Waals surface area contributed by atoms with Gasteiger partial charge in [-0.05, 0) is 85.3 Å². The first-order valence-corrected chi connectivity index (χ1v) is 10.9. The van der Waals surface area contributed by atoms with Crippen molar-refractivity contribution in [2.24, 2.45) is 0 Å². The van der Waals surface area contributed by atoms with Crippen LogP contribution in [0.4, 0.5) is 27.6 Å². The summed E-state index contributed by atoms with van der Waals surface area (Å²) >= 11 is 0. The summed E-state index contributed by atoms with van der Waals surface area (Å²) in [6.07, 6.45) is -3.63. The molecule has 1 saturated carbocycles. The zero-order valence-electron chi connectivity index (χ0n) is 18.9. The van der Waals surface area contributed by atoms with Crippen LogP contribution in [-0.4, -0.2) is 23.4 Å². The van der Waals surface area contributed by atoms with E-state index >= 15 is 0 Å². The molecule has 0 spiro atoms. The minimum absolute atomic E-state index is 0.00794. The number of ether oxygens (including phenoxy) is 1. The molecule has 0 aliphatic heterocycles. The standard InChI is InChI=1S/C26H20F5NO4/c1-13-8-15(27)4-7-23(13)36-24-11-17(14-2-3-14)20(26(29,30)31)10-19(24)25(35)32-16-5-6-21(28)18(9-16)22(34)12-33/h4-11,14,33H,2-3,12H2,1H3,(H,32,35). The highest BCUT2D eigenvalue weighted by atomic mass is 19.4. The molecule has 1 fully saturated rings. The van der Waals surface area contributed by atoms with Crippen molar-refractivity contribution in [3.63, 3.8) is 0 Å². The molecule has 5 nitrogen and oxygen atoms in total. The maximum atomic E-state index is 13.9. The maximum Gasteiger partial charge on any atom is 0.416 e. The number of carbonyl (C=O) groups is 2. The fourth-order valence-corrected chi connectivity index (χ4v) is 3.78. The van der Waals surface area contributed by atoms with Gasteiger partial charge in [-0.3, -0.25) is 9.59 Å². The average molecular weight is 505 g/mol. The Kier molecular flexibility index (Phi) is 6.81. The van der Waals surface area contributed by atoms with Gasteiger partial charge in [-0.15, -0.1) is 0 Å². The minimum atomic E-state index is -4.74. The number of hydrogen-bond donors (Lipinski definition) is 2. The molecule has 188 valence electrons. The van der Waals surface area contributed by atoms with E-state index in [0.29, 0.717) is 24.5 Å². The molecule has 0 heterocycles. The lowest BCUT2D eigenvalue weighted by atomic mass is 9.98. The SMILES string of the molecule is Cc1cc(F)ccc1Oc1cc(C2CC2)c(C(F)(F)F)cc1C(=O)Nc1ccc(F)c(C(=O)CO)c1. The summed E-state index contributed by atoms with van der Waals surface area (Å²) in [6, 6.07) is 8.44. The predicted octanol–water partition coefficient (Wildman–Crippen LogP) is 6.39. The van der Waals surface area contributed by atoms with Crippen molar-refractivity contribution >= 4 is 17.4 Å². The number of benzene rings is 3. The molecule has 0 radical (unpaired) electrons. The topological polar surface area (TPSA) is 75.6 Å². The van der Waals surface area contributed by atoms with Gasteiger partial charge in [0.05, 0.1) is 16.7 Å². The Bertz CT molecular complexity index is 1350. The number of anilines is 1. The van der Waals surface area contributed by atoms with Crippen molar-refractivity contribution < 1.29 is 41.4 Å². The predicted molar refractivity (Wildman–Crippen MR) is 120 cm³/mol. The van der Waals surface area contributed by atoms with Gasteiger partial charge >= 0.3 is 6.18 Å². The van der Waals surface area contributed by atoms with Crippen molar-refractivity contribution in [3.8, 4) is 11.5 Å². The molecule has 1 aliphatic rings. The molecule has 4 rings (SSSR count). The van der Waals surface area contributed by atoms with E-state index in [1.54, 1.807) is 6.92 Å². The van der Waals surface area contributed by atoms with Crippen LogP contribution in [0.3, 0.4) is 0 Å². The highest BCUT2D eigenvalue weighted by Gasteiger charge is 2.40. The molecule has 36 heavy (non-hydrogen) atoms. The second-order valence-corrected chi connectivity index (χ2v) is 8.45. The summed E-state index contributed by atoms with van der Waals surface area (Å²) in [5, 5.41) is 11.4. The number of aliphatic hydroxyl groups is 1. The van der Waals surface area contributed by atoms with Crippen LogP contribution in [0.25, 0.3) is 0 Å². The second-order valence-electron chi connectivity index (χ2n) is 8.45. The fraction of sp³-hybridized carbons (Fsp3) is 0.231. The summed E-state index contributed by atoms with van der Waals surface area (Å²) in [7, 11) is 0. The first kappa shape index (κ1) is 25.3. The molecule has 0 unspecified atom stereocenters. The Hall–Kier alpha value is -3.79. The summed E-state index contributed by atoms with van der Waals surface area (Å²) in [5.74, 6) is -3.78. The fourth-order valence-electron chi connectivity index (χ4n) is 3.78. The van der Waals surface area contributed by atoms with Crippen LogP contribution in [0.5, 0.6) is 11.5 Å². The van der Waals surface area contributed by atoms with Crippen molar-refractivity contribution in [1.29, 1.82) is 0 Å². The molecule has 0 aromatic heterocycles. The molecule has 2 N–H and O–H groups in total. The number of carbonyl (C=O) groups excluding carboxylic acids is 2. The van der Waals surface area contributed by atoms with Crippen LogP contribution >= 0.6 is 0 Å². The lowest BCUT2D eigenvalue weighted by Gasteiger charge is -2.19. The first-order valence-electron chi connectivity index (χ1n) is 10.9. The van der Waals surface area contributed by atoms with Crippen molar-refractivity contribution in [2.45, 2.75) is 31.9 Å². The van der Waals surface area contributed by atoms with Gasteiger partial charge in [0.15, 0.2) is 5.78 Å². The van der Waals surface area contributed by atoms with Crippen LogP contribution in [0.15, 0.2) is 48.5 Å². The smallest absolute Gasteiger partial charge is 0.416 e. The van der Waals surface area contributed by atoms with E-state index in [0.717, 1.165) is 24.3 Å². The van der Waals surface area contributed by atoms with E-state index < -0.39 is 52.8 Å². The normalized spacial score (nSPS) is 13.4. The Labute approximate surface area is 202 Å². The van der Waals surface area contributed by atoms with Gasteiger partial charge < -0.3 is 15.2 Å². The highest BCUT2D eigenvalue weighted by Crippen LogP contribution is 2.48. The third-order valence-electron chi connectivity index (χ3n) is 5.74. The third kappa shape index (κ3) is 5.38. The summed E-state index contributed by atoms with van der Waals surface area (Å²) < 4.78 is 74.9. The number of halogens is 5. The van der Waals surface area contributed by atoms with Gasteiger partial charge in [-0.2, -0.15) is 13.2 Å². The van der Waals surface area contributed by atoms with E-state index in [1.807, 2.05) is 0 Å². The van der Waals surface area contributed by atoms with Crippen molar-refractivity contribution in [3.05, 3.63) is 88.0 Å². The number of alkyl halides is 3. The number of rotatable bonds is 7. The molecule has 3 aromatic rings. The Morgan fingerprint density at radius 3 is 2.33 bits per heavy atom. The van der Waals surface area contributed by atoms with Gasteiger partial charge in [-0.25, -0.2) is 8.78 Å². The maximum absolute atomic E-state index is 13.9. The van der Waals surface area contributed by atoms with Crippen LogP contribution in [0, 0.1) is 18.6 Å². The molecule has 1 aliphatic carbocycles. The first-order chi connectivity index (χ1) is 17.0. The van der Waals surface area contributed by atoms with Gasteiger partial charge in [0, 0.05) is 5.69 Å². The molecule has 10 heteroatoms. The Morgan fingerprint density at radius 2 is 1.72 bits per heavy atom. The molecule has 0 atom stereocenters. The zero-order chi connectivity index (χ0) is 26.2. The summed E-state index contributed by atoms with van der Waals surface area (Å²) in [5.41, 5.74) is -1.66. The van der Waals surface area contributed by atoms with E-state index in [2.05, 4.69) is 5.32 Å². The van der Waals surface area contributed by atoms with E-state index in [9.17, 15) is 31.5 Å². The Morgan fingerprint density at radius 1 is 1.00 bits per heavy atom. The zero-order valence-corrected chi connectivity index (χ0v) is 18.9. The average Bonchev–Trinajstić information content (AvgIpc) is 3.66. The largest absolute Gasteiger partial charge is 0.456 e. The van der Waals surface area contributed by atoms with Gasteiger partial charge in [0.1, 0.15) is 29.7 Å². The third-order valence-corrected chi connectivity index (χ3v) is 5.74. The van der Waals surface area contributed by atoms with Crippen molar-refractivity contribution in [2.75, 3.05) is 11.9 Å². The molecule has 3 aromatic carbocycles. The second kappa shape index (κ2) is 9.69. The van der Waals surface area contributed by atoms with E-state index in [-0.39, 0.29) is 28.7 Å². The molecule has 1 amide bonds. The lowest BCUT2D eigenvalue weighted by Crippen LogP contribution is -2.17. The monoisotopic (exact) mass is 505 g/mol. The number of hydrogen-bond acceptors (Lipinski definition) is 4. The number of nitrogens with one attached hydrogen (secondary N) is 1. The van der Waals surface area contributed by atoms with Crippen LogP contribution < -0.4 is 10.1 Å². The van der Waals surface area contributed by atoms with E-state index in [4.69, 9.17) is 9.84 Å². The number of Topliss-reactive ketones (excluding diaryl/α,β-unsaturated/α-hetero) is 1. The molecule has 0 saturated heterocycles. The van der Waals surface area contributed by atoms with Crippen LogP contribution in [-0.2, 0) is 6.18 Å². The van der Waals surface area contributed by atoms with Crippen molar-refractivity contribution in [1.82, 2.24) is 0 Å². The summed E-state index contributed by atoms with van der Waals surface area (Å²) in [6.45, 7) is 0.573. The molecular weight excluding hydrogens is 485 g/mol. The summed E-state index contributed by atoms with van der Waals surface area (Å²) in [4.78, 5) is 24.9. The molecule has 0 bridgehead atoms. The lowest BCUT2D eigenvalue weighted by molar-refractivity contribution is -0.138. The van der Waals surface area contributed by atoms with Gasteiger partial charge in [0.25, 0.3) is 5.91 Å². The van der Waals surface area contributed by atoms with Gasteiger partial charge in [-0.1, -0.05) is 0 Å². The van der Waals surface area contributed by atoms with Gasteiger partial charge in [0.2, 0.25) is 0 Å². The number of aryl methyl sites for hydroxylation is 1. The quantitative estimate of drug-likeness (QED) is 0.288. The van der Waals surface area contributed by atoms with E-state index in [1.165, 1.54) is 18.2 Å². The Balaban J connectivity index is 1.78. The number of ketones is 1. The highest BCUT2D eigenvalue weighted by molar-refractivity contribution is 6.07. The minimum Gasteiger partial charge on any atom is -0.456 e. The number of aliphatic hydroxyl groups excluding tert-OH is 1. The molecular formula is C26H20F5NO4. The van der Waals surface area contributed by atoms with Crippen LogP contribution in [0.1, 0.15) is 56.2 Å². The number of amides is 1. The van der Waals surface area contributed by atoms with Crippen LogP contribution in [0.2, 0.25) is 0 Å².